The van der Waals surface area contributed by atoms with Crippen LogP contribution in [0.25, 0.3) is 0 Å². The minimum atomic E-state index is 0.0741. The van der Waals surface area contributed by atoms with Gasteiger partial charge in [-0.2, -0.15) is 0 Å². The first kappa shape index (κ1) is 21.1. The largest absolute Gasteiger partial charge is 0.493 e. The van der Waals surface area contributed by atoms with E-state index in [9.17, 15) is 4.79 Å². The molecule has 2 rings (SSSR count). The van der Waals surface area contributed by atoms with E-state index in [2.05, 4.69) is 6.92 Å². The zero-order valence-electron chi connectivity index (χ0n) is 16.6. The normalized spacial score (nSPS) is 11.8. The third kappa shape index (κ3) is 5.62. The van der Waals surface area contributed by atoms with Gasteiger partial charge in [-0.3, -0.25) is 4.79 Å². The number of hydrogen-bond acceptors (Lipinski definition) is 3. The molecule has 27 heavy (non-hydrogen) atoms. The second kappa shape index (κ2) is 9.62. The van der Waals surface area contributed by atoms with E-state index in [0.29, 0.717) is 29.6 Å². The van der Waals surface area contributed by atoms with Crippen LogP contribution in [-0.4, -0.2) is 38.6 Å². The number of carbonyl (C=O) groups excluding carboxylic acids is 1. The summed E-state index contributed by atoms with van der Waals surface area (Å²) in [6.07, 6.45) is 0. The minimum absolute atomic E-state index is 0.0741. The second-order valence-corrected chi connectivity index (χ2v) is 7.10. The van der Waals surface area contributed by atoms with Crippen molar-refractivity contribution in [1.29, 1.82) is 0 Å². The number of quaternary nitrogens is 1. The van der Waals surface area contributed by atoms with Crippen LogP contribution in [0.3, 0.4) is 0 Å². The number of aryl methyl sites for hydroxylation is 1. The quantitative estimate of drug-likeness (QED) is 0.752. The zero-order chi connectivity index (χ0) is 20.0. The lowest BCUT2D eigenvalue weighted by atomic mass is 10.1. The van der Waals surface area contributed by atoms with Crippen molar-refractivity contribution in [1.82, 2.24) is 4.90 Å². The number of nitrogens with zero attached hydrogens (tertiary/aromatic N) is 1. The average molecular weight is 392 g/mol. The smallest absolute Gasteiger partial charge is 0.277 e. The van der Waals surface area contributed by atoms with E-state index in [1.165, 1.54) is 0 Å². The number of amides is 1. The molecular weight excluding hydrogens is 364 g/mol. The number of rotatable bonds is 8. The highest BCUT2D eigenvalue weighted by molar-refractivity contribution is 6.30. The predicted molar refractivity (Wildman–Crippen MR) is 107 cm³/mol. The van der Waals surface area contributed by atoms with Crippen LogP contribution in [0.1, 0.15) is 29.7 Å². The Morgan fingerprint density at radius 1 is 1.15 bits per heavy atom. The van der Waals surface area contributed by atoms with Crippen molar-refractivity contribution in [3.63, 3.8) is 0 Å². The number of nitrogens with two attached hydrogens (primary N) is 1. The maximum atomic E-state index is 12.5. The zero-order valence-corrected chi connectivity index (χ0v) is 17.3. The molecular formula is C21H28ClN2O3+. The van der Waals surface area contributed by atoms with Crippen LogP contribution < -0.4 is 14.8 Å². The summed E-state index contributed by atoms with van der Waals surface area (Å²) in [5.74, 6) is 1.43. The Morgan fingerprint density at radius 2 is 1.74 bits per heavy atom. The Bertz CT molecular complexity index is 778. The Labute approximate surface area is 166 Å². The summed E-state index contributed by atoms with van der Waals surface area (Å²) in [6.45, 7) is 4.99. The first-order valence-electron chi connectivity index (χ1n) is 8.90. The molecule has 0 bridgehead atoms. The van der Waals surface area contributed by atoms with Crippen molar-refractivity contribution in [3.05, 3.63) is 58.1 Å². The molecule has 0 heterocycles. The van der Waals surface area contributed by atoms with Gasteiger partial charge in [0.15, 0.2) is 18.0 Å². The topological polar surface area (TPSA) is 55.4 Å². The van der Waals surface area contributed by atoms with Gasteiger partial charge in [0.1, 0.15) is 6.04 Å². The summed E-state index contributed by atoms with van der Waals surface area (Å²) < 4.78 is 10.7. The maximum Gasteiger partial charge on any atom is 0.277 e. The highest BCUT2D eigenvalue weighted by Crippen LogP contribution is 2.30. The van der Waals surface area contributed by atoms with Gasteiger partial charge in [-0.15, -0.1) is 0 Å². The van der Waals surface area contributed by atoms with Crippen molar-refractivity contribution in [2.24, 2.45) is 0 Å². The van der Waals surface area contributed by atoms with E-state index in [4.69, 9.17) is 21.1 Å². The van der Waals surface area contributed by atoms with E-state index >= 15 is 0 Å². The molecule has 0 fully saturated rings. The summed E-state index contributed by atoms with van der Waals surface area (Å²) in [6, 6.07) is 11.8. The van der Waals surface area contributed by atoms with E-state index in [0.717, 1.165) is 16.7 Å². The van der Waals surface area contributed by atoms with Gasteiger partial charge >= 0.3 is 0 Å². The first-order chi connectivity index (χ1) is 12.8. The van der Waals surface area contributed by atoms with Gasteiger partial charge in [0.2, 0.25) is 0 Å². The summed E-state index contributed by atoms with van der Waals surface area (Å²) in [5.41, 5.74) is 3.24. The summed E-state index contributed by atoms with van der Waals surface area (Å²) in [5, 5.41) is 2.75. The molecule has 0 aliphatic rings. The van der Waals surface area contributed by atoms with Crippen molar-refractivity contribution in [2.45, 2.75) is 26.4 Å². The molecule has 6 heteroatoms. The molecule has 146 valence electrons. The van der Waals surface area contributed by atoms with Gasteiger partial charge in [0, 0.05) is 24.2 Å². The van der Waals surface area contributed by atoms with Crippen molar-refractivity contribution < 1.29 is 19.6 Å². The fraction of sp³-hybridized carbons (Fsp3) is 0.381. The van der Waals surface area contributed by atoms with Gasteiger partial charge in [-0.05, 0) is 49.2 Å². The van der Waals surface area contributed by atoms with Gasteiger partial charge in [-0.25, -0.2) is 0 Å². The number of hydrogen-bond donors (Lipinski definition) is 1. The average Bonchev–Trinajstić information content (AvgIpc) is 2.67. The van der Waals surface area contributed by atoms with Crippen molar-refractivity contribution in [3.8, 4) is 11.5 Å². The van der Waals surface area contributed by atoms with Crippen LogP contribution in [0.2, 0.25) is 5.02 Å². The lowest BCUT2D eigenvalue weighted by molar-refractivity contribution is -0.683. The van der Waals surface area contributed by atoms with E-state index < -0.39 is 0 Å². The minimum Gasteiger partial charge on any atom is -0.493 e. The SMILES string of the molecule is COc1cc(C)c(CN(C)C(=O)C[NH2+][C@@H](C)c2ccc(Cl)cc2)cc1OC. The van der Waals surface area contributed by atoms with Crippen LogP contribution in [0, 0.1) is 6.92 Å². The Hall–Kier alpha value is -2.24. The van der Waals surface area contributed by atoms with E-state index in [-0.39, 0.29) is 11.9 Å². The summed E-state index contributed by atoms with van der Waals surface area (Å²) >= 11 is 5.93. The number of halogens is 1. The highest BCUT2D eigenvalue weighted by Gasteiger charge is 2.17. The van der Waals surface area contributed by atoms with Crippen LogP contribution in [0.15, 0.2) is 36.4 Å². The third-order valence-electron chi connectivity index (χ3n) is 4.72. The molecule has 1 amide bonds. The fourth-order valence-electron chi connectivity index (χ4n) is 2.87. The monoisotopic (exact) mass is 391 g/mol. The second-order valence-electron chi connectivity index (χ2n) is 6.66. The molecule has 0 radical (unpaired) electrons. The number of ether oxygens (including phenoxy) is 2. The lowest BCUT2D eigenvalue weighted by Crippen LogP contribution is -2.86. The fourth-order valence-corrected chi connectivity index (χ4v) is 3.00. The molecule has 1 atom stereocenters. The Kier molecular flexibility index (Phi) is 7.51. The van der Waals surface area contributed by atoms with Crippen molar-refractivity contribution in [2.75, 3.05) is 27.8 Å². The lowest BCUT2D eigenvalue weighted by Gasteiger charge is -2.20. The molecule has 0 saturated carbocycles. The summed E-state index contributed by atoms with van der Waals surface area (Å²) in [7, 11) is 5.04. The molecule has 0 saturated heterocycles. The van der Waals surface area contributed by atoms with E-state index in [1.54, 1.807) is 19.1 Å². The van der Waals surface area contributed by atoms with Gasteiger partial charge in [-0.1, -0.05) is 23.7 Å². The molecule has 0 spiro atoms. The molecule has 0 unspecified atom stereocenters. The molecule has 0 aliphatic heterocycles. The van der Waals surface area contributed by atoms with Crippen LogP contribution in [0.4, 0.5) is 0 Å². The molecule has 2 aromatic carbocycles. The maximum absolute atomic E-state index is 12.5. The predicted octanol–water partition coefficient (Wildman–Crippen LogP) is 2.95. The molecule has 2 N–H and O–H groups in total. The van der Waals surface area contributed by atoms with Gasteiger partial charge < -0.3 is 19.7 Å². The Balaban J connectivity index is 1.96. The molecule has 5 nitrogen and oxygen atoms in total. The number of benzene rings is 2. The molecule has 2 aromatic rings. The van der Waals surface area contributed by atoms with Gasteiger partial charge in [0.25, 0.3) is 5.91 Å². The highest BCUT2D eigenvalue weighted by atomic mass is 35.5. The van der Waals surface area contributed by atoms with Crippen LogP contribution >= 0.6 is 11.6 Å². The molecule has 0 aromatic heterocycles. The number of methoxy groups -OCH3 is 2. The summed E-state index contributed by atoms with van der Waals surface area (Å²) in [4.78, 5) is 14.3. The number of likely N-dealkylation sites (N-methyl/N-ethyl adjacent to an activating group) is 1. The van der Waals surface area contributed by atoms with Gasteiger partial charge in [0.05, 0.1) is 14.2 Å². The third-order valence-corrected chi connectivity index (χ3v) is 4.97. The standard InChI is InChI=1S/C21H27ClN2O3/c1-14-10-19(26-4)20(27-5)11-17(14)13-24(3)21(25)12-23-15(2)16-6-8-18(22)9-7-16/h6-11,15,23H,12-13H2,1-5H3/p+1/t15-/m0/s1. The van der Waals surface area contributed by atoms with Crippen LogP contribution in [-0.2, 0) is 11.3 Å². The first-order valence-corrected chi connectivity index (χ1v) is 9.27. The van der Waals surface area contributed by atoms with E-state index in [1.807, 2.05) is 55.7 Å². The Morgan fingerprint density at radius 3 is 2.33 bits per heavy atom. The van der Waals surface area contributed by atoms with Crippen molar-refractivity contribution >= 4 is 17.5 Å². The molecule has 0 aliphatic carbocycles. The van der Waals surface area contributed by atoms with Crippen LogP contribution in [0.5, 0.6) is 11.5 Å². The number of carbonyl (C=O) groups is 1.